The van der Waals surface area contributed by atoms with Gasteiger partial charge in [-0.1, -0.05) is 12.1 Å². The summed E-state index contributed by atoms with van der Waals surface area (Å²) < 4.78 is 6.97. The number of hydrogen-bond acceptors (Lipinski definition) is 5. The minimum Gasteiger partial charge on any atom is -0.462 e. The number of benzene rings is 2. The Bertz CT molecular complexity index is 1120. The fourth-order valence-electron chi connectivity index (χ4n) is 3.14. The number of nitrogens with one attached hydrogen (secondary N) is 2. The number of nitrogens with zero attached hydrogens (tertiary/aromatic N) is 1. The topological polar surface area (TPSA) is 93.2 Å². The lowest BCUT2D eigenvalue weighted by Gasteiger charge is -2.21. The predicted molar refractivity (Wildman–Crippen MR) is 108 cm³/mol. The van der Waals surface area contributed by atoms with Crippen LogP contribution in [0.25, 0.3) is 11.0 Å². The Balaban J connectivity index is 1.36. The molecular weight excluding hydrogens is 378 g/mol. The molecule has 4 rings (SSSR count). The van der Waals surface area contributed by atoms with Gasteiger partial charge in [-0.2, -0.15) is 0 Å². The van der Waals surface area contributed by atoms with E-state index < -0.39 is 5.97 Å². The highest BCUT2D eigenvalue weighted by molar-refractivity contribution is 8.00. The van der Waals surface area contributed by atoms with Gasteiger partial charge in [-0.15, -0.1) is 11.8 Å². The van der Waals surface area contributed by atoms with Crippen LogP contribution in [0.1, 0.15) is 23.7 Å². The summed E-state index contributed by atoms with van der Waals surface area (Å²) in [6, 6.07) is 12.6. The van der Waals surface area contributed by atoms with E-state index in [9.17, 15) is 14.4 Å². The highest BCUT2D eigenvalue weighted by Gasteiger charge is 2.24. The number of H-pyrrole nitrogens is 1. The van der Waals surface area contributed by atoms with E-state index >= 15 is 0 Å². The summed E-state index contributed by atoms with van der Waals surface area (Å²) in [5, 5.41) is 2.65. The molecule has 3 aromatic rings. The molecule has 1 amide bonds. The van der Waals surface area contributed by atoms with Gasteiger partial charge in [0.25, 0.3) is 0 Å². The van der Waals surface area contributed by atoms with Gasteiger partial charge in [0, 0.05) is 11.4 Å². The third kappa shape index (κ3) is 3.55. The van der Waals surface area contributed by atoms with Crippen molar-refractivity contribution in [2.24, 2.45) is 0 Å². The van der Waals surface area contributed by atoms with E-state index in [4.69, 9.17) is 4.74 Å². The summed E-state index contributed by atoms with van der Waals surface area (Å²) in [7, 11) is 0. The van der Waals surface area contributed by atoms with Crippen LogP contribution >= 0.6 is 11.8 Å². The molecule has 1 aromatic heterocycles. The van der Waals surface area contributed by atoms with E-state index in [2.05, 4.69) is 10.3 Å². The normalized spacial score (nSPS) is 15.9. The SMILES string of the molecule is C[C@@H]1Sc2ccc(C(=O)OCCCn3c(=O)[nH]c4ccccc43)cc2NC1=O. The number of para-hydroxylation sites is 2. The van der Waals surface area contributed by atoms with Crippen LogP contribution in [-0.4, -0.2) is 33.3 Å². The summed E-state index contributed by atoms with van der Waals surface area (Å²) in [5.41, 5.74) is 2.46. The van der Waals surface area contributed by atoms with E-state index in [-0.39, 0.29) is 23.5 Å². The smallest absolute Gasteiger partial charge is 0.338 e. The number of rotatable bonds is 5. The molecule has 1 aliphatic heterocycles. The number of aryl methyl sites for hydroxylation is 1. The quantitative estimate of drug-likeness (QED) is 0.510. The molecule has 144 valence electrons. The second-order valence-corrected chi connectivity index (χ2v) is 7.93. The average Bonchev–Trinajstić information content (AvgIpc) is 3.01. The van der Waals surface area contributed by atoms with Crippen LogP contribution in [0.4, 0.5) is 5.69 Å². The zero-order valence-corrected chi connectivity index (χ0v) is 16.0. The minimum atomic E-state index is -0.452. The number of anilines is 1. The predicted octanol–water partition coefficient (Wildman–Crippen LogP) is 3.01. The Kier molecular flexibility index (Phi) is 4.95. The molecule has 0 bridgehead atoms. The third-order valence-corrected chi connectivity index (χ3v) is 5.76. The standard InChI is InChI=1S/C20H19N3O4S/c1-12-18(24)21-15-11-13(7-8-17(15)28-12)19(25)27-10-4-9-23-16-6-3-2-5-14(16)22-20(23)26/h2-3,5-8,11-12H,4,9-10H2,1H3,(H,21,24)(H,22,26)/t12-/m0/s1. The van der Waals surface area contributed by atoms with Crippen molar-refractivity contribution in [2.75, 3.05) is 11.9 Å². The van der Waals surface area contributed by atoms with Crippen molar-refractivity contribution in [2.45, 2.75) is 30.0 Å². The molecule has 0 unspecified atom stereocenters. The van der Waals surface area contributed by atoms with Gasteiger partial charge < -0.3 is 15.0 Å². The fraction of sp³-hybridized carbons (Fsp3) is 0.250. The first kappa shape index (κ1) is 18.4. The number of ether oxygens (including phenoxy) is 1. The van der Waals surface area contributed by atoms with Gasteiger partial charge in [0.2, 0.25) is 5.91 Å². The molecule has 2 heterocycles. The average molecular weight is 397 g/mol. The molecule has 0 radical (unpaired) electrons. The number of amides is 1. The summed E-state index contributed by atoms with van der Waals surface area (Å²) >= 11 is 1.46. The lowest BCUT2D eigenvalue weighted by Crippen LogP contribution is -2.26. The highest BCUT2D eigenvalue weighted by atomic mass is 32.2. The number of fused-ring (bicyclic) bond motifs is 2. The van der Waals surface area contributed by atoms with Crippen LogP contribution in [0, 0.1) is 0 Å². The molecule has 0 spiro atoms. The van der Waals surface area contributed by atoms with Crippen molar-refractivity contribution in [1.82, 2.24) is 9.55 Å². The lowest BCUT2D eigenvalue weighted by atomic mass is 10.2. The molecule has 2 N–H and O–H groups in total. The number of carbonyl (C=O) groups excluding carboxylic acids is 2. The maximum absolute atomic E-state index is 12.3. The van der Waals surface area contributed by atoms with Crippen LogP contribution in [0.2, 0.25) is 0 Å². The van der Waals surface area contributed by atoms with Crippen LogP contribution in [0.15, 0.2) is 52.2 Å². The molecule has 28 heavy (non-hydrogen) atoms. The van der Waals surface area contributed by atoms with E-state index in [1.54, 1.807) is 16.7 Å². The Hall–Kier alpha value is -3.00. The van der Waals surface area contributed by atoms with Gasteiger partial charge in [-0.05, 0) is 43.7 Å². The molecule has 7 nitrogen and oxygen atoms in total. The Morgan fingerprint density at radius 2 is 2.04 bits per heavy atom. The van der Waals surface area contributed by atoms with Gasteiger partial charge in [0.1, 0.15) is 0 Å². The van der Waals surface area contributed by atoms with Gasteiger partial charge in [0.05, 0.1) is 34.1 Å². The summed E-state index contributed by atoms with van der Waals surface area (Å²) in [5.74, 6) is -0.529. The zero-order chi connectivity index (χ0) is 19.7. The number of aromatic amines is 1. The van der Waals surface area contributed by atoms with Crippen molar-refractivity contribution in [3.8, 4) is 0 Å². The number of thioether (sulfide) groups is 1. The first-order valence-electron chi connectivity index (χ1n) is 8.99. The molecule has 1 aliphatic rings. The molecule has 0 fully saturated rings. The molecule has 2 aromatic carbocycles. The second-order valence-electron chi connectivity index (χ2n) is 6.55. The van der Waals surface area contributed by atoms with E-state index in [0.29, 0.717) is 24.2 Å². The van der Waals surface area contributed by atoms with Crippen LogP contribution in [-0.2, 0) is 16.1 Å². The Labute approximate surface area is 165 Å². The highest BCUT2D eigenvalue weighted by Crippen LogP contribution is 2.36. The first-order valence-corrected chi connectivity index (χ1v) is 9.87. The van der Waals surface area contributed by atoms with E-state index in [0.717, 1.165) is 15.9 Å². The van der Waals surface area contributed by atoms with Crippen LogP contribution < -0.4 is 11.0 Å². The first-order chi connectivity index (χ1) is 13.5. The van der Waals surface area contributed by atoms with Gasteiger partial charge in [-0.25, -0.2) is 9.59 Å². The molecule has 8 heteroatoms. The molecule has 0 saturated heterocycles. The number of imidazole rings is 1. The van der Waals surface area contributed by atoms with Crippen molar-refractivity contribution >= 4 is 40.4 Å². The van der Waals surface area contributed by atoms with Gasteiger partial charge >= 0.3 is 11.7 Å². The molecule has 1 atom stereocenters. The molecular formula is C20H19N3O4S. The van der Waals surface area contributed by atoms with E-state index in [1.165, 1.54) is 11.8 Å². The maximum atomic E-state index is 12.3. The molecule has 0 aliphatic carbocycles. The van der Waals surface area contributed by atoms with E-state index in [1.807, 2.05) is 37.3 Å². The summed E-state index contributed by atoms with van der Waals surface area (Å²) in [6.45, 7) is 2.48. The lowest BCUT2D eigenvalue weighted by molar-refractivity contribution is -0.115. The zero-order valence-electron chi connectivity index (χ0n) is 15.2. The van der Waals surface area contributed by atoms with Crippen LogP contribution in [0.3, 0.4) is 0 Å². The number of carbonyl (C=O) groups is 2. The van der Waals surface area contributed by atoms with Crippen molar-refractivity contribution in [1.29, 1.82) is 0 Å². The largest absolute Gasteiger partial charge is 0.462 e. The number of esters is 1. The van der Waals surface area contributed by atoms with Crippen LogP contribution in [0.5, 0.6) is 0 Å². The second kappa shape index (κ2) is 7.55. The maximum Gasteiger partial charge on any atom is 0.338 e. The van der Waals surface area contributed by atoms with Crippen molar-refractivity contribution in [3.63, 3.8) is 0 Å². The Morgan fingerprint density at radius 3 is 2.89 bits per heavy atom. The number of hydrogen-bond donors (Lipinski definition) is 2. The van der Waals surface area contributed by atoms with Crippen molar-refractivity contribution < 1.29 is 14.3 Å². The summed E-state index contributed by atoms with van der Waals surface area (Å²) in [4.78, 5) is 39.9. The van der Waals surface area contributed by atoms with Crippen molar-refractivity contribution in [3.05, 3.63) is 58.5 Å². The minimum absolute atomic E-state index is 0.0767. The third-order valence-electron chi connectivity index (χ3n) is 4.59. The van der Waals surface area contributed by atoms with Gasteiger partial charge in [0.15, 0.2) is 0 Å². The number of aromatic nitrogens is 2. The summed E-state index contributed by atoms with van der Waals surface area (Å²) in [6.07, 6.45) is 0.516. The van der Waals surface area contributed by atoms with Gasteiger partial charge in [-0.3, -0.25) is 9.36 Å². The monoisotopic (exact) mass is 397 g/mol. The Morgan fingerprint density at radius 1 is 1.21 bits per heavy atom. The molecule has 0 saturated carbocycles. The fourth-order valence-corrected chi connectivity index (χ4v) is 4.07.